The van der Waals surface area contributed by atoms with Crippen molar-refractivity contribution in [2.75, 3.05) is 0 Å². The number of pyridine rings is 1. The van der Waals surface area contributed by atoms with E-state index in [4.69, 9.17) is 4.98 Å². The molecule has 0 saturated heterocycles. The minimum atomic E-state index is 0.650. The second-order valence-electron chi connectivity index (χ2n) is 7.97. The Morgan fingerprint density at radius 2 is 1.27 bits per heavy atom. The maximum Gasteiger partial charge on any atom is 0.244 e. The van der Waals surface area contributed by atoms with E-state index in [-0.39, 0.29) is 0 Å². The summed E-state index contributed by atoms with van der Waals surface area (Å²) in [6.07, 6.45) is 12.8. The molecule has 0 aliphatic rings. The lowest BCUT2D eigenvalue weighted by Gasteiger charge is -2.02. The van der Waals surface area contributed by atoms with Gasteiger partial charge in [-0.15, -0.1) is 0 Å². The van der Waals surface area contributed by atoms with Crippen LogP contribution in [0.4, 0.5) is 0 Å². The first-order chi connectivity index (χ1) is 12.5. The van der Waals surface area contributed by atoms with Crippen molar-refractivity contribution in [2.24, 2.45) is 11.8 Å². The molecule has 3 rings (SSSR count). The van der Waals surface area contributed by atoms with E-state index < -0.39 is 0 Å². The molecule has 0 fully saturated rings. The van der Waals surface area contributed by atoms with Gasteiger partial charge in [0, 0.05) is 0 Å². The van der Waals surface area contributed by atoms with Crippen molar-refractivity contribution in [1.82, 2.24) is 14.1 Å². The molecule has 138 valence electrons. The van der Waals surface area contributed by atoms with Crippen LogP contribution in [-0.2, 0) is 26.2 Å². The lowest BCUT2D eigenvalue weighted by atomic mass is 10.2. The summed E-state index contributed by atoms with van der Waals surface area (Å²) >= 11 is 0. The second-order valence-corrected chi connectivity index (χ2v) is 7.97. The average molecular weight is 354 g/mol. The maximum atomic E-state index is 4.84. The lowest BCUT2D eigenvalue weighted by Crippen LogP contribution is -2.34. The fourth-order valence-corrected chi connectivity index (χ4v) is 3.20. The first kappa shape index (κ1) is 18.4. The third-order valence-corrected chi connectivity index (χ3v) is 4.20. The molecule has 0 aromatic carbocycles. The molecule has 0 bridgehead atoms. The molecule has 0 amide bonds. The molecule has 0 aliphatic carbocycles. The summed E-state index contributed by atoms with van der Waals surface area (Å²) in [4.78, 5) is 4.84. The van der Waals surface area contributed by atoms with Gasteiger partial charge in [-0.1, -0.05) is 33.8 Å². The fraction of sp³-hybridized carbons (Fsp3) is 0.476. The molecular weight excluding hydrogens is 322 g/mol. The third kappa shape index (κ3) is 5.28. The van der Waals surface area contributed by atoms with Crippen molar-refractivity contribution < 1.29 is 9.13 Å². The number of hydrogen-bond acceptors (Lipinski definition) is 1. The molecule has 3 aromatic heterocycles. The molecule has 0 N–H and O–H groups in total. The maximum absolute atomic E-state index is 4.84. The Hall–Kier alpha value is -2.43. The minimum Gasteiger partial charge on any atom is -0.250 e. The number of hydrogen-bond donors (Lipinski definition) is 0. The average Bonchev–Trinajstić information content (AvgIpc) is 3.16. The Kier molecular flexibility index (Phi) is 5.86. The standard InChI is InChI=1S/C21H31N5/c1-18(2)12-23-8-10-25(16-23)14-20-6-5-7-21(22-20)15-26-11-9-24(17-26)13-19(3)4/h5-11,16-19H,12-15H2,1-4H3/q+2. The van der Waals surface area contributed by atoms with E-state index in [1.54, 1.807) is 0 Å². The summed E-state index contributed by atoms with van der Waals surface area (Å²) in [6.45, 7) is 12.6. The van der Waals surface area contributed by atoms with Gasteiger partial charge in [0.05, 0.1) is 24.5 Å². The summed E-state index contributed by atoms with van der Waals surface area (Å²) in [5.41, 5.74) is 2.19. The molecule has 0 atom stereocenters. The van der Waals surface area contributed by atoms with Crippen molar-refractivity contribution in [3.8, 4) is 0 Å². The molecule has 5 nitrogen and oxygen atoms in total. The summed E-state index contributed by atoms with van der Waals surface area (Å²) in [7, 11) is 0. The zero-order chi connectivity index (χ0) is 18.5. The van der Waals surface area contributed by atoms with Crippen molar-refractivity contribution >= 4 is 0 Å². The minimum absolute atomic E-state index is 0.650. The summed E-state index contributed by atoms with van der Waals surface area (Å²) in [5.74, 6) is 1.30. The van der Waals surface area contributed by atoms with E-state index >= 15 is 0 Å². The number of imidazole rings is 2. The Balaban J connectivity index is 1.64. The van der Waals surface area contributed by atoms with E-state index in [1.165, 1.54) is 0 Å². The normalized spacial score (nSPS) is 11.6. The lowest BCUT2D eigenvalue weighted by molar-refractivity contribution is -0.689. The molecule has 0 aliphatic heterocycles. The van der Waals surface area contributed by atoms with E-state index in [9.17, 15) is 0 Å². The number of aromatic nitrogens is 5. The highest BCUT2D eigenvalue weighted by Gasteiger charge is 2.10. The predicted molar refractivity (Wildman–Crippen MR) is 101 cm³/mol. The molecule has 0 saturated carbocycles. The predicted octanol–water partition coefficient (Wildman–Crippen LogP) is 2.67. The van der Waals surface area contributed by atoms with Crippen LogP contribution in [0.2, 0.25) is 0 Å². The Labute approximate surface area is 156 Å². The van der Waals surface area contributed by atoms with E-state index in [0.29, 0.717) is 11.8 Å². The van der Waals surface area contributed by atoms with Crippen LogP contribution in [0, 0.1) is 11.8 Å². The first-order valence-electron chi connectivity index (χ1n) is 9.52. The highest BCUT2D eigenvalue weighted by Crippen LogP contribution is 2.02. The zero-order valence-electron chi connectivity index (χ0n) is 16.4. The quantitative estimate of drug-likeness (QED) is 0.573. The van der Waals surface area contributed by atoms with Crippen molar-refractivity contribution in [2.45, 2.75) is 53.9 Å². The van der Waals surface area contributed by atoms with Gasteiger partial charge >= 0.3 is 0 Å². The topological polar surface area (TPSA) is 30.5 Å². The molecule has 3 aromatic rings. The molecule has 5 heteroatoms. The van der Waals surface area contributed by atoms with Crippen LogP contribution in [0.3, 0.4) is 0 Å². The van der Waals surface area contributed by atoms with Gasteiger partial charge in [0.15, 0.2) is 0 Å². The highest BCUT2D eigenvalue weighted by atomic mass is 15.1. The Bertz CT molecular complexity index is 763. The van der Waals surface area contributed by atoms with Crippen LogP contribution in [-0.4, -0.2) is 14.1 Å². The summed E-state index contributed by atoms with van der Waals surface area (Å²) in [5, 5.41) is 0. The van der Waals surface area contributed by atoms with Crippen LogP contribution in [0.5, 0.6) is 0 Å². The molecule has 0 unspecified atom stereocenters. The van der Waals surface area contributed by atoms with Gasteiger partial charge in [-0.2, -0.15) is 0 Å². The SMILES string of the molecule is CC(C)Cn1cc[n+](Cc2cccc(C[n+]3ccn(CC(C)C)c3)n2)c1. The van der Waals surface area contributed by atoms with Crippen molar-refractivity contribution in [3.05, 3.63) is 67.0 Å². The smallest absolute Gasteiger partial charge is 0.244 e. The van der Waals surface area contributed by atoms with Crippen LogP contribution in [0.1, 0.15) is 39.1 Å². The molecular formula is C21H31N5+2. The summed E-state index contributed by atoms with van der Waals surface area (Å²) in [6, 6.07) is 6.31. The molecule has 26 heavy (non-hydrogen) atoms. The zero-order valence-corrected chi connectivity index (χ0v) is 16.4. The van der Waals surface area contributed by atoms with Crippen molar-refractivity contribution in [1.29, 1.82) is 0 Å². The van der Waals surface area contributed by atoms with Gasteiger partial charge in [0.1, 0.15) is 37.9 Å². The number of nitrogens with zero attached hydrogens (tertiary/aromatic N) is 5. The molecule has 3 heterocycles. The monoisotopic (exact) mass is 353 g/mol. The van der Waals surface area contributed by atoms with Gasteiger partial charge in [-0.25, -0.2) is 23.3 Å². The Morgan fingerprint density at radius 3 is 1.69 bits per heavy atom. The first-order valence-corrected chi connectivity index (χ1v) is 9.52. The summed E-state index contributed by atoms with van der Waals surface area (Å²) < 4.78 is 8.87. The molecule has 0 radical (unpaired) electrons. The largest absolute Gasteiger partial charge is 0.250 e. The second kappa shape index (κ2) is 8.30. The van der Waals surface area contributed by atoms with E-state index in [0.717, 1.165) is 37.6 Å². The van der Waals surface area contributed by atoms with Crippen LogP contribution in [0.25, 0.3) is 0 Å². The van der Waals surface area contributed by atoms with Gasteiger partial charge in [-0.3, -0.25) is 0 Å². The number of rotatable bonds is 8. The van der Waals surface area contributed by atoms with Crippen LogP contribution >= 0.6 is 0 Å². The van der Waals surface area contributed by atoms with Gasteiger partial charge in [-0.05, 0) is 24.0 Å². The van der Waals surface area contributed by atoms with Crippen molar-refractivity contribution in [3.63, 3.8) is 0 Å². The van der Waals surface area contributed by atoms with Gasteiger partial charge < -0.3 is 0 Å². The van der Waals surface area contributed by atoms with Gasteiger partial charge in [0.2, 0.25) is 12.7 Å². The third-order valence-electron chi connectivity index (χ3n) is 4.20. The van der Waals surface area contributed by atoms with E-state index in [1.807, 2.05) is 0 Å². The highest BCUT2D eigenvalue weighted by molar-refractivity contribution is 5.09. The Morgan fingerprint density at radius 1 is 0.808 bits per heavy atom. The van der Waals surface area contributed by atoms with Crippen LogP contribution in [0.15, 0.2) is 55.6 Å². The molecule has 0 spiro atoms. The van der Waals surface area contributed by atoms with Crippen LogP contribution < -0.4 is 9.13 Å². The van der Waals surface area contributed by atoms with E-state index in [2.05, 4.69) is 102 Å². The van der Waals surface area contributed by atoms with Gasteiger partial charge in [0.25, 0.3) is 0 Å². The fourth-order valence-electron chi connectivity index (χ4n) is 3.20.